The summed E-state index contributed by atoms with van der Waals surface area (Å²) in [6.07, 6.45) is 1.11. The van der Waals surface area contributed by atoms with Gasteiger partial charge in [-0.2, -0.15) is 0 Å². The van der Waals surface area contributed by atoms with Gasteiger partial charge in [0.15, 0.2) is 0 Å². The van der Waals surface area contributed by atoms with Crippen LogP contribution in [0.1, 0.15) is 17.5 Å². The highest BCUT2D eigenvalue weighted by molar-refractivity contribution is 5.85. The number of hydrogen-bond donors (Lipinski definition) is 3. The van der Waals surface area contributed by atoms with Crippen LogP contribution in [0.25, 0.3) is 0 Å². The first-order valence-corrected chi connectivity index (χ1v) is 4.46. The maximum atomic E-state index is 11.1. The topological polar surface area (TPSA) is 89.3 Å². The number of nitrogen functional groups attached to an aromatic ring is 1. The Kier molecular flexibility index (Phi) is 1.75. The van der Waals surface area contributed by atoms with Crippen LogP contribution in [-0.4, -0.2) is 11.1 Å². The maximum Gasteiger partial charge on any atom is 0.328 e. The van der Waals surface area contributed by atoms with Crippen molar-refractivity contribution >= 4 is 11.7 Å². The second kappa shape index (κ2) is 2.72. The summed E-state index contributed by atoms with van der Waals surface area (Å²) in [7, 11) is 0. The molecule has 1 aromatic rings. The van der Waals surface area contributed by atoms with Crippen LogP contribution in [0.3, 0.4) is 0 Å². The van der Waals surface area contributed by atoms with Crippen LogP contribution in [0, 0.1) is 0 Å². The fourth-order valence-corrected chi connectivity index (χ4v) is 2.04. The van der Waals surface area contributed by atoms with Crippen LogP contribution in [0.2, 0.25) is 0 Å². The van der Waals surface area contributed by atoms with Crippen molar-refractivity contribution in [2.75, 3.05) is 5.73 Å². The van der Waals surface area contributed by atoms with Gasteiger partial charge >= 0.3 is 5.97 Å². The molecule has 1 aliphatic carbocycles. The summed E-state index contributed by atoms with van der Waals surface area (Å²) in [6, 6.07) is 5.39. The predicted octanol–water partition coefficient (Wildman–Crippen LogP) is 0.454. The summed E-state index contributed by atoms with van der Waals surface area (Å²) >= 11 is 0. The van der Waals surface area contributed by atoms with Gasteiger partial charge in [0.25, 0.3) is 0 Å². The van der Waals surface area contributed by atoms with E-state index >= 15 is 0 Å². The van der Waals surface area contributed by atoms with Gasteiger partial charge < -0.3 is 16.6 Å². The van der Waals surface area contributed by atoms with Gasteiger partial charge in [0.2, 0.25) is 0 Å². The van der Waals surface area contributed by atoms with Gasteiger partial charge in [-0.05, 0) is 24.5 Å². The molecule has 0 amide bonds. The van der Waals surface area contributed by atoms with Crippen molar-refractivity contribution in [1.29, 1.82) is 0 Å². The quantitative estimate of drug-likeness (QED) is 0.564. The van der Waals surface area contributed by atoms with E-state index in [9.17, 15) is 4.79 Å². The molecule has 1 unspecified atom stereocenters. The highest BCUT2D eigenvalue weighted by atomic mass is 16.4. The average Bonchev–Trinajstić information content (AvgIpc) is 2.47. The lowest BCUT2D eigenvalue weighted by Crippen LogP contribution is -2.43. The molecule has 0 fully saturated rings. The lowest BCUT2D eigenvalue weighted by molar-refractivity contribution is -0.143. The Morgan fingerprint density at radius 1 is 1.50 bits per heavy atom. The van der Waals surface area contributed by atoms with Crippen LogP contribution in [0.5, 0.6) is 0 Å². The minimum atomic E-state index is -1.29. The molecule has 0 radical (unpaired) electrons. The number of fused-ring (bicyclic) bond motifs is 1. The fraction of sp³-hybridized carbons (Fsp3) is 0.300. The molecule has 14 heavy (non-hydrogen) atoms. The van der Waals surface area contributed by atoms with E-state index in [2.05, 4.69) is 0 Å². The highest BCUT2D eigenvalue weighted by Crippen LogP contribution is 2.38. The number of anilines is 1. The van der Waals surface area contributed by atoms with Gasteiger partial charge in [-0.1, -0.05) is 12.1 Å². The van der Waals surface area contributed by atoms with E-state index in [0.29, 0.717) is 24.1 Å². The van der Waals surface area contributed by atoms with Crippen LogP contribution in [-0.2, 0) is 16.8 Å². The SMILES string of the molecule is Nc1cccc2c1C(N)(C(=O)O)CC2. The minimum absolute atomic E-state index is 0.422. The van der Waals surface area contributed by atoms with Gasteiger partial charge in [-0.15, -0.1) is 0 Å². The fourth-order valence-electron chi connectivity index (χ4n) is 2.04. The van der Waals surface area contributed by atoms with Gasteiger partial charge in [-0.25, -0.2) is 4.79 Å². The molecule has 0 saturated carbocycles. The van der Waals surface area contributed by atoms with Gasteiger partial charge in [0.05, 0.1) is 0 Å². The standard InChI is InChI=1S/C10H12N2O2/c11-7-3-1-2-6-4-5-10(12,8(6)7)9(13)14/h1-3H,4-5,11-12H2,(H,13,14). The Balaban J connectivity index is 2.64. The number of rotatable bonds is 1. The molecule has 0 saturated heterocycles. The first-order valence-electron chi connectivity index (χ1n) is 4.46. The first-order chi connectivity index (χ1) is 6.55. The number of carbonyl (C=O) groups is 1. The minimum Gasteiger partial charge on any atom is -0.480 e. The number of carboxylic acids is 1. The molecule has 0 bridgehead atoms. The molecule has 0 aromatic heterocycles. The normalized spacial score (nSPS) is 24.6. The van der Waals surface area contributed by atoms with Crippen molar-refractivity contribution in [3.05, 3.63) is 29.3 Å². The Hall–Kier alpha value is -1.55. The number of aryl methyl sites for hydroxylation is 1. The van der Waals surface area contributed by atoms with Crippen molar-refractivity contribution in [2.45, 2.75) is 18.4 Å². The summed E-state index contributed by atoms with van der Waals surface area (Å²) < 4.78 is 0. The number of carboxylic acid groups (broad SMARTS) is 1. The molecule has 4 nitrogen and oxygen atoms in total. The second-order valence-corrected chi connectivity index (χ2v) is 3.66. The zero-order valence-corrected chi connectivity index (χ0v) is 7.66. The molecule has 2 rings (SSSR count). The van der Waals surface area contributed by atoms with E-state index in [0.717, 1.165) is 5.56 Å². The largest absolute Gasteiger partial charge is 0.480 e. The number of benzene rings is 1. The summed E-state index contributed by atoms with van der Waals surface area (Å²) in [5, 5.41) is 9.06. The number of hydrogen-bond acceptors (Lipinski definition) is 3. The van der Waals surface area contributed by atoms with E-state index in [1.807, 2.05) is 12.1 Å². The zero-order valence-electron chi connectivity index (χ0n) is 7.66. The monoisotopic (exact) mass is 192 g/mol. The Morgan fingerprint density at radius 2 is 2.21 bits per heavy atom. The molecule has 0 heterocycles. The van der Waals surface area contributed by atoms with Crippen molar-refractivity contribution < 1.29 is 9.90 Å². The summed E-state index contributed by atoms with van der Waals surface area (Å²) in [5.74, 6) is -1.01. The van der Waals surface area contributed by atoms with Gasteiger partial charge in [-0.3, -0.25) is 0 Å². The molecular weight excluding hydrogens is 180 g/mol. The van der Waals surface area contributed by atoms with Crippen LogP contribution >= 0.6 is 0 Å². The third-order valence-electron chi connectivity index (χ3n) is 2.80. The molecule has 1 aliphatic rings. The van der Waals surface area contributed by atoms with E-state index in [1.54, 1.807) is 6.07 Å². The molecule has 0 spiro atoms. The molecule has 1 atom stereocenters. The van der Waals surface area contributed by atoms with Crippen LogP contribution in [0.4, 0.5) is 5.69 Å². The molecule has 0 aliphatic heterocycles. The molecular formula is C10H12N2O2. The van der Waals surface area contributed by atoms with Crippen LogP contribution in [0.15, 0.2) is 18.2 Å². The summed E-state index contributed by atoms with van der Waals surface area (Å²) in [6.45, 7) is 0. The molecule has 4 heteroatoms. The van der Waals surface area contributed by atoms with E-state index < -0.39 is 11.5 Å². The Bertz CT molecular complexity index is 403. The molecule has 1 aromatic carbocycles. The first kappa shape index (κ1) is 9.02. The summed E-state index contributed by atoms with van der Waals surface area (Å²) in [5.41, 5.74) is 12.3. The third kappa shape index (κ3) is 1.01. The van der Waals surface area contributed by atoms with E-state index in [-0.39, 0.29) is 0 Å². The van der Waals surface area contributed by atoms with Crippen molar-refractivity contribution in [3.8, 4) is 0 Å². The Labute approximate surface area is 81.5 Å². The third-order valence-corrected chi connectivity index (χ3v) is 2.80. The van der Waals surface area contributed by atoms with Crippen molar-refractivity contribution in [2.24, 2.45) is 5.73 Å². The lowest BCUT2D eigenvalue weighted by Gasteiger charge is -2.20. The number of aliphatic carboxylic acids is 1. The maximum absolute atomic E-state index is 11.1. The van der Waals surface area contributed by atoms with E-state index in [4.69, 9.17) is 16.6 Å². The van der Waals surface area contributed by atoms with Gasteiger partial charge in [0, 0.05) is 11.3 Å². The molecule has 5 N–H and O–H groups in total. The van der Waals surface area contributed by atoms with Gasteiger partial charge in [0.1, 0.15) is 5.54 Å². The number of nitrogens with two attached hydrogens (primary N) is 2. The highest BCUT2D eigenvalue weighted by Gasteiger charge is 2.43. The second-order valence-electron chi connectivity index (χ2n) is 3.66. The van der Waals surface area contributed by atoms with E-state index in [1.165, 1.54) is 0 Å². The summed E-state index contributed by atoms with van der Waals surface area (Å²) in [4.78, 5) is 11.1. The van der Waals surface area contributed by atoms with Crippen molar-refractivity contribution in [1.82, 2.24) is 0 Å². The zero-order chi connectivity index (χ0) is 10.3. The lowest BCUT2D eigenvalue weighted by atomic mass is 9.92. The smallest absolute Gasteiger partial charge is 0.328 e. The van der Waals surface area contributed by atoms with Crippen LogP contribution < -0.4 is 11.5 Å². The Morgan fingerprint density at radius 3 is 2.86 bits per heavy atom. The van der Waals surface area contributed by atoms with Crippen molar-refractivity contribution in [3.63, 3.8) is 0 Å². The molecule has 74 valence electrons. The average molecular weight is 192 g/mol. The predicted molar refractivity (Wildman–Crippen MR) is 52.7 cm³/mol.